The molecule has 9 heteroatoms. The normalized spacial score (nSPS) is 16.4. The van der Waals surface area contributed by atoms with Crippen molar-refractivity contribution >= 4 is 29.2 Å². The SMILES string of the molecule is Cc1cc(C)cc(N2C[C@@H](C(=O)OCC(=O)Nc3cccc(C(F)(F)F)c3)CC2=O)c1. The zero-order valence-electron chi connectivity index (χ0n) is 17.0. The van der Waals surface area contributed by atoms with Crippen LogP contribution in [0.15, 0.2) is 42.5 Å². The minimum atomic E-state index is -4.54. The summed E-state index contributed by atoms with van der Waals surface area (Å²) in [6.45, 7) is 3.29. The molecule has 164 valence electrons. The van der Waals surface area contributed by atoms with Gasteiger partial charge < -0.3 is 15.0 Å². The van der Waals surface area contributed by atoms with E-state index in [1.165, 1.54) is 11.0 Å². The van der Waals surface area contributed by atoms with Crippen molar-refractivity contribution in [2.75, 3.05) is 23.4 Å². The van der Waals surface area contributed by atoms with Crippen LogP contribution in [0.2, 0.25) is 0 Å². The first-order chi connectivity index (χ1) is 14.5. The van der Waals surface area contributed by atoms with Gasteiger partial charge in [-0.15, -0.1) is 0 Å². The highest BCUT2D eigenvalue weighted by atomic mass is 19.4. The molecule has 31 heavy (non-hydrogen) atoms. The molecule has 0 spiro atoms. The number of carbonyl (C=O) groups is 3. The number of amides is 2. The fourth-order valence-electron chi connectivity index (χ4n) is 3.45. The van der Waals surface area contributed by atoms with Crippen LogP contribution in [-0.2, 0) is 25.3 Å². The predicted octanol–water partition coefficient (Wildman–Crippen LogP) is 3.86. The van der Waals surface area contributed by atoms with Crippen LogP contribution in [0.5, 0.6) is 0 Å². The second kappa shape index (κ2) is 8.79. The smallest absolute Gasteiger partial charge is 0.416 e. The van der Waals surface area contributed by atoms with E-state index < -0.39 is 36.1 Å². The second-order valence-electron chi connectivity index (χ2n) is 7.49. The third-order valence-corrected chi connectivity index (χ3v) is 4.80. The molecule has 0 aromatic heterocycles. The average Bonchev–Trinajstić information content (AvgIpc) is 3.07. The molecule has 1 heterocycles. The van der Waals surface area contributed by atoms with Crippen LogP contribution in [-0.4, -0.2) is 30.9 Å². The van der Waals surface area contributed by atoms with Gasteiger partial charge in [0.2, 0.25) is 5.91 Å². The van der Waals surface area contributed by atoms with E-state index >= 15 is 0 Å². The van der Waals surface area contributed by atoms with Crippen LogP contribution in [0.4, 0.5) is 24.5 Å². The molecule has 0 saturated carbocycles. The van der Waals surface area contributed by atoms with Gasteiger partial charge in [-0.25, -0.2) is 0 Å². The number of halogens is 3. The van der Waals surface area contributed by atoms with E-state index in [9.17, 15) is 27.6 Å². The maximum absolute atomic E-state index is 12.7. The lowest BCUT2D eigenvalue weighted by atomic mass is 10.1. The van der Waals surface area contributed by atoms with Crippen molar-refractivity contribution in [1.82, 2.24) is 0 Å². The lowest BCUT2D eigenvalue weighted by Crippen LogP contribution is -2.28. The van der Waals surface area contributed by atoms with E-state index in [2.05, 4.69) is 5.32 Å². The average molecular weight is 434 g/mol. The largest absolute Gasteiger partial charge is 0.455 e. The third-order valence-electron chi connectivity index (χ3n) is 4.80. The minimum absolute atomic E-state index is 0.0406. The van der Waals surface area contributed by atoms with E-state index in [1.54, 1.807) is 0 Å². The van der Waals surface area contributed by atoms with Gasteiger partial charge in [-0.1, -0.05) is 12.1 Å². The summed E-state index contributed by atoms with van der Waals surface area (Å²) in [7, 11) is 0. The van der Waals surface area contributed by atoms with Gasteiger partial charge in [0.15, 0.2) is 6.61 Å². The Morgan fingerprint density at radius 3 is 2.45 bits per heavy atom. The first-order valence-electron chi connectivity index (χ1n) is 9.55. The van der Waals surface area contributed by atoms with Crippen molar-refractivity contribution in [3.05, 3.63) is 59.2 Å². The van der Waals surface area contributed by atoms with E-state index in [-0.39, 0.29) is 24.6 Å². The number of esters is 1. The van der Waals surface area contributed by atoms with Crippen LogP contribution in [0.25, 0.3) is 0 Å². The van der Waals surface area contributed by atoms with Crippen LogP contribution < -0.4 is 10.2 Å². The molecule has 2 amide bonds. The van der Waals surface area contributed by atoms with Crippen LogP contribution in [0.3, 0.4) is 0 Å². The molecule has 3 rings (SSSR count). The number of nitrogens with zero attached hydrogens (tertiary/aromatic N) is 1. The molecule has 2 aromatic carbocycles. The van der Waals surface area contributed by atoms with Gasteiger partial charge in [0, 0.05) is 24.3 Å². The van der Waals surface area contributed by atoms with Gasteiger partial charge in [-0.3, -0.25) is 14.4 Å². The zero-order valence-corrected chi connectivity index (χ0v) is 17.0. The van der Waals surface area contributed by atoms with Gasteiger partial charge >= 0.3 is 12.1 Å². The maximum atomic E-state index is 12.7. The molecule has 0 radical (unpaired) electrons. The number of aryl methyl sites for hydroxylation is 2. The molecule has 2 aromatic rings. The van der Waals surface area contributed by atoms with Crippen molar-refractivity contribution in [2.45, 2.75) is 26.4 Å². The number of hydrogen-bond acceptors (Lipinski definition) is 4. The molecule has 1 N–H and O–H groups in total. The highest BCUT2D eigenvalue weighted by molar-refractivity contribution is 6.00. The lowest BCUT2D eigenvalue weighted by Gasteiger charge is -2.18. The van der Waals surface area contributed by atoms with Crippen molar-refractivity contribution in [3.63, 3.8) is 0 Å². The van der Waals surface area contributed by atoms with E-state index in [1.807, 2.05) is 32.0 Å². The Kier molecular flexibility index (Phi) is 6.33. The Hall–Kier alpha value is -3.36. The number of ether oxygens (including phenoxy) is 1. The number of rotatable bonds is 5. The van der Waals surface area contributed by atoms with E-state index in [4.69, 9.17) is 4.74 Å². The van der Waals surface area contributed by atoms with Crippen LogP contribution >= 0.6 is 0 Å². The van der Waals surface area contributed by atoms with Crippen molar-refractivity contribution in [3.8, 4) is 0 Å². The Bertz CT molecular complexity index is 1000. The lowest BCUT2D eigenvalue weighted by molar-refractivity contribution is -0.151. The molecule has 6 nitrogen and oxygen atoms in total. The van der Waals surface area contributed by atoms with Crippen molar-refractivity contribution < 1.29 is 32.3 Å². The summed E-state index contributed by atoms with van der Waals surface area (Å²) < 4.78 is 43.2. The molecule has 1 atom stereocenters. The molecular weight excluding hydrogens is 413 g/mol. The quantitative estimate of drug-likeness (QED) is 0.726. The van der Waals surface area contributed by atoms with Crippen molar-refractivity contribution in [1.29, 1.82) is 0 Å². The minimum Gasteiger partial charge on any atom is -0.455 e. The summed E-state index contributed by atoms with van der Waals surface area (Å²) in [5, 5.41) is 2.26. The summed E-state index contributed by atoms with van der Waals surface area (Å²) in [5.41, 5.74) is 1.70. The Labute approximate surface area is 177 Å². The molecule has 0 unspecified atom stereocenters. The summed E-state index contributed by atoms with van der Waals surface area (Å²) in [4.78, 5) is 38.1. The van der Waals surface area contributed by atoms with Gasteiger partial charge in [0.25, 0.3) is 5.91 Å². The Morgan fingerprint density at radius 1 is 1.13 bits per heavy atom. The molecule has 1 saturated heterocycles. The third kappa shape index (κ3) is 5.62. The first kappa shape index (κ1) is 22.3. The molecule has 1 aliphatic heterocycles. The Balaban J connectivity index is 1.55. The fourth-order valence-corrected chi connectivity index (χ4v) is 3.45. The molecule has 1 aliphatic rings. The monoisotopic (exact) mass is 434 g/mol. The topological polar surface area (TPSA) is 75.7 Å². The standard InChI is InChI=1S/C22H21F3N2O4/c1-13-6-14(2)8-18(7-13)27-11-15(9-20(27)29)21(30)31-12-19(28)26-17-5-3-4-16(10-17)22(23,24)25/h3-8,10,15H,9,11-12H2,1-2H3,(H,26,28)/t15-/m0/s1. The Morgan fingerprint density at radius 2 is 1.81 bits per heavy atom. The first-order valence-corrected chi connectivity index (χ1v) is 9.55. The number of nitrogens with one attached hydrogen (secondary N) is 1. The fraction of sp³-hybridized carbons (Fsp3) is 0.318. The number of carbonyl (C=O) groups excluding carboxylic acids is 3. The van der Waals surface area contributed by atoms with Crippen LogP contribution in [0, 0.1) is 19.8 Å². The van der Waals surface area contributed by atoms with Crippen LogP contribution in [0.1, 0.15) is 23.1 Å². The summed E-state index contributed by atoms with van der Waals surface area (Å²) in [6, 6.07) is 9.80. The number of hydrogen-bond donors (Lipinski definition) is 1. The molecule has 1 fully saturated rings. The molecular formula is C22H21F3N2O4. The number of alkyl halides is 3. The number of benzene rings is 2. The number of anilines is 2. The molecule has 0 aliphatic carbocycles. The van der Waals surface area contributed by atoms with Crippen molar-refractivity contribution in [2.24, 2.45) is 5.92 Å². The van der Waals surface area contributed by atoms with E-state index in [0.29, 0.717) is 5.69 Å². The summed E-state index contributed by atoms with van der Waals surface area (Å²) in [6.07, 6.45) is -4.58. The van der Waals surface area contributed by atoms with Gasteiger partial charge in [-0.2, -0.15) is 13.2 Å². The molecule has 0 bridgehead atoms. The zero-order chi connectivity index (χ0) is 22.8. The van der Waals surface area contributed by atoms with Gasteiger partial charge in [0.05, 0.1) is 11.5 Å². The van der Waals surface area contributed by atoms with E-state index in [0.717, 1.165) is 29.3 Å². The van der Waals surface area contributed by atoms with Gasteiger partial charge in [0.1, 0.15) is 0 Å². The highest BCUT2D eigenvalue weighted by Crippen LogP contribution is 2.31. The maximum Gasteiger partial charge on any atom is 0.416 e. The van der Waals surface area contributed by atoms with Gasteiger partial charge in [-0.05, 0) is 55.3 Å². The second-order valence-corrected chi connectivity index (χ2v) is 7.49. The predicted molar refractivity (Wildman–Crippen MR) is 107 cm³/mol. The summed E-state index contributed by atoms with van der Waals surface area (Å²) >= 11 is 0. The summed E-state index contributed by atoms with van der Waals surface area (Å²) in [5.74, 6) is -2.43. The highest BCUT2D eigenvalue weighted by Gasteiger charge is 2.36.